The van der Waals surface area contributed by atoms with Crippen LogP contribution in [0.5, 0.6) is 0 Å². The maximum Gasteiger partial charge on any atom is 0.325 e. The molecule has 0 fully saturated rings. The first-order valence-electron chi connectivity index (χ1n) is 6.45. The van der Waals surface area contributed by atoms with Crippen molar-refractivity contribution in [2.75, 3.05) is 5.32 Å². The summed E-state index contributed by atoms with van der Waals surface area (Å²) in [7, 11) is 0. The number of amides is 1. The van der Waals surface area contributed by atoms with E-state index in [1.54, 1.807) is 0 Å². The fraction of sp³-hybridized carbons (Fsp3) is 0.462. The van der Waals surface area contributed by atoms with Crippen LogP contribution in [-0.2, 0) is 16.1 Å². The molecular formula is C13H15N5O3. The van der Waals surface area contributed by atoms with E-state index in [4.69, 9.17) is 11.5 Å². The lowest BCUT2D eigenvalue weighted by Gasteiger charge is -2.08. The lowest BCUT2D eigenvalue weighted by atomic mass is 10.0. The Morgan fingerprint density at radius 3 is 2.81 bits per heavy atom. The maximum absolute atomic E-state index is 11.8. The molecule has 0 radical (unpaired) electrons. The van der Waals surface area contributed by atoms with E-state index in [-0.39, 0.29) is 18.9 Å². The molecule has 0 aliphatic carbocycles. The number of carbonyl (C=O) groups is 2. The van der Waals surface area contributed by atoms with Crippen LogP contribution in [0.25, 0.3) is 0 Å². The third kappa shape index (κ3) is 4.42. The van der Waals surface area contributed by atoms with Crippen LogP contribution in [0.3, 0.4) is 0 Å². The number of carboxylic acid groups (broad SMARTS) is 1. The monoisotopic (exact) mass is 289 g/mol. The van der Waals surface area contributed by atoms with E-state index in [1.807, 2.05) is 0 Å². The maximum atomic E-state index is 11.8. The Morgan fingerprint density at radius 1 is 1.43 bits per heavy atom. The molecule has 110 valence electrons. The van der Waals surface area contributed by atoms with E-state index in [2.05, 4.69) is 26.6 Å². The van der Waals surface area contributed by atoms with Gasteiger partial charge in [0, 0.05) is 31.9 Å². The Kier molecular flexibility index (Phi) is 4.33. The number of anilines is 1. The number of terminal acetylenes is 1. The summed E-state index contributed by atoms with van der Waals surface area (Å²) in [6, 6.07) is 0. The summed E-state index contributed by atoms with van der Waals surface area (Å²) in [6.45, 7) is -0.247. The molecule has 0 atom stereocenters. The number of nitrogens with one attached hydrogen (secondary N) is 1. The van der Waals surface area contributed by atoms with E-state index in [0.717, 1.165) is 0 Å². The number of aromatic nitrogens is 2. The van der Waals surface area contributed by atoms with Crippen LogP contribution in [0.1, 0.15) is 25.7 Å². The number of aliphatic carboxylic acids is 1. The average molecular weight is 289 g/mol. The molecule has 2 heterocycles. The second kappa shape index (κ2) is 6.17. The average Bonchev–Trinajstić information content (AvgIpc) is 3.08. The molecule has 0 bridgehead atoms. The van der Waals surface area contributed by atoms with Gasteiger partial charge in [-0.1, -0.05) is 0 Å². The van der Waals surface area contributed by atoms with Crippen molar-refractivity contribution in [1.29, 1.82) is 0 Å². The van der Waals surface area contributed by atoms with Crippen molar-refractivity contribution in [1.82, 2.24) is 9.78 Å². The Balaban J connectivity index is 1.76. The Bertz CT molecular complexity index is 608. The first-order valence-corrected chi connectivity index (χ1v) is 6.45. The minimum Gasteiger partial charge on any atom is -0.480 e. The van der Waals surface area contributed by atoms with Gasteiger partial charge in [-0.25, -0.2) is 0 Å². The summed E-state index contributed by atoms with van der Waals surface area (Å²) in [6.07, 6.45) is 10.1. The molecule has 0 spiro atoms. The van der Waals surface area contributed by atoms with Crippen LogP contribution < -0.4 is 5.32 Å². The molecule has 8 nitrogen and oxygen atoms in total. The molecule has 1 amide bonds. The predicted molar refractivity (Wildman–Crippen MR) is 73.4 cm³/mol. The highest BCUT2D eigenvalue weighted by Crippen LogP contribution is 2.37. The van der Waals surface area contributed by atoms with Crippen molar-refractivity contribution < 1.29 is 14.7 Å². The zero-order valence-corrected chi connectivity index (χ0v) is 11.3. The summed E-state index contributed by atoms with van der Waals surface area (Å²) >= 11 is 0. The van der Waals surface area contributed by atoms with Gasteiger partial charge in [0.15, 0.2) is 5.66 Å². The summed E-state index contributed by atoms with van der Waals surface area (Å²) in [5, 5.41) is 23.0. The smallest absolute Gasteiger partial charge is 0.325 e. The number of hydrogen-bond donors (Lipinski definition) is 2. The third-order valence-electron chi connectivity index (χ3n) is 3.02. The number of carboxylic acids is 1. The second-order valence-corrected chi connectivity index (χ2v) is 4.76. The lowest BCUT2D eigenvalue weighted by molar-refractivity contribution is -0.137. The van der Waals surface area contributed by atoms with Crippen molar-refractivity contribution in [2.24, 2.45) is 10.2 Å². The molecule has 0 unspecified atom stereocenters. The summed E-state index contributed by atoms with van der Waals surface area (Å²) < 4.78 is 1.23. The first-order chi connectivity index (χ1) is 10.0. The van der Waals surface area contributed by atoms with Crippen LogP contribution in [0, 0.1) is 12.3 Å². The minimum atomic E-state index is -0.997. The molecule has 1 aromatic rings. The molecule has 1 aromatic heterocycles. The van der Waals surface area contributed by atoms with Gasteiger partial charge in [-0.2, -0.15) is 15.3 Å². The molecular weight excluding hydrogens is 274 g/mol. The van der Waals surface area contributed by atoms with Gasteiger partial charge in [-0.15, -0.1) is 12.3 Å². The van der Waals surface area contributed by atoms with Crippen LogP contribution in [0.4, 0.5) is 5.69 Å². The normalized spacial score (nSPS) is 14.4. The summed E-state index contributed by atoms with van der Waals surface area (Å²) in [5.74, 6) is 1.34. The van der Waals surface area contributed by atoms with Gasteiger partial charge in [0.1, 0.15) is 6.54 Å². The van der Waals surface area contributed by atoms with E-state index < -0.39 is 11.6 Å². The molecule has 0 saturated heterocycles. The van der Waals surface area contributed by atoms with Gasteiger partial charge >= 0.3 is 5.97 Å². The number of rotatable bonds is 8. The largest absolute Gasteiger partial charge is 0.480 e. The van der Waals surface area contributed by atoms with Gasteiger partial charge in [0.05, 0.1) is 11.9 Å². The highest BCUT2D eigenvalue weighted by Gasteiger charge is 2.39. The van der Waals surface area contributed by atoms with Gasteiger partial charge in [0.2, 0.25) is 5.91 Å². The first kappa shape index (κ1) is 14.7. The van der Waals surface area contributed by atoms with Crippen LogP contribution in [0.15, 0.2) is 22.6 Å². The fourth-order valence-corrected chi connectivity index (χ4v) is 1.86. The number of carbonyl (C=O) groups excluding carboxylic acids is 1. The quantitative estimate of drug-likeness (QED) is 0.702. The summed E-state index contributed by atoms with van der Waals surface area (Å²) in [5.41, 5.74) is -0.0133. The van der Waals surface area contributed by atoms with Crippen molar-refractivity contribution in [3.8, 4) is 12.3 Å². The second-order valence-electron chi connectivity index (χ2n) is 4.76. The highest BCUT2D eigenvalue weighted by molar-refractivity contribution is 5.90. The van der Waals surface area contributed by atoms with Crippen molar-refractivity contribution in [3.63, 3.8) is 0 Å². The van der Waals surface area contributed by atoms with Gasteiger partial charge in [-0.3, -0.25) is 14.3 Å². The van der Waals surface area contributed by atoms with Crippen LogP contribution in [0.2, 0.25) is 0 Å². The molecule has 2 rings (SSSR count). The molecule has 2 N–H and O–H groups in total. The van der Waals surface area contributed by atoms with Gasteiger partial charge < -0.3 is 10.4 Å². The van der Waals surface area contributed by atoms with E-state index in [0.29, 0.717) is 24.9 Å². The zero-order chi connectivity index (χ0) is 15.3. The zero-order valence-electron chi connectivity index (χ0n) is 11.3. The predicted octanol–water partition coefficient (Wildman–Crippen LogP) is 1.26. The van der Waals surface area contributed by atoms with E-state index >= 15 is 0 Å². The molecule has 0 saturated carbocycles. The molecule has 1 aliphatic rings. The Labute approximate surface area is 121 Å². The number of hydrogen-bond acceptors (Lipinski definition) is 5. The Hall–Kier alpha value is -2.69. The lowest BCUT2D eigenvalue weighted by Crippen LogP contribution is -2.17. The minimum absolute atomic E-state index is 0.192. The van der Waals surface area contributed by atoms with Crippen molar-refractivity contribution in [2.45, 2.75) is 37.9 Å². The highest BCUT2D eigenvalue weighted by atomic mass is 16.4. The van der Waals surface area contributed by atoms with Crippen LogP contribution in [-0.4, -0.2) is 32.4 Å². The molecule has 1 aliphatic heterocycles. The topological polar surface area (TPSA) is 109 Å². The van der Waals surface area contributed by atoms with E-state index in [1.165, 1.54) is 17.1 Å². The fourth-order valence-electron chi connectivity index (χ4n) is 1.86. The standard InChI is InChI=1S/C13H15N5O3/c1-2-3-5-13(16-17-13)6-4-11(19)15-10-7-14-18(8-10)9-12(20)21/h1,7-8H,3-6,9H2,(H,15,19)(H,20,21). The van der Waals surface area contributed by atoms with Gasteiger partial charge in [0.25, 0.3) is 0 Å². The van der Waals surface area contributed by atoms with Crippen molar-refractivity contribution in [3.05, 3.63) is 12.4 Å². The molecule has 8 heteroatoms. The van der Waals surface area contributed by atoms with Crippen molar-refractivity contribution >= 4 is 17.6 Å². The summed E-state index contributed by atoms with van der Waals surface area (Å²) in [4.78, 5) is 22.3. The van der Waals surface area contributed by atoms with Crippen LogP contribution >= 0.6 is 0 Å². The Morgan fingerprint density at radius 2 is 2.19 bits per heavy atom. The SMILES string of the molecule is C#CCCC1(CCC(=O)Nc2cnn(CC(=O)O)c2)N=N1. The molecule has 21 heavy (non-hydrogen) atoms. The molecule has 0 aromatic carbocycles. The van der Waals surface area contributed by atoms with Gasteiger partial charge in [-0.05, 0) is 0 Å². The third-order valence-corrected chi connectivity index (χ3v) is 3.02. The van der Waals surface area contributed by atoms with E-state index in [9.17, 15) is 9.59 Å². The number of nitrogens with zero attached hydrogens (tertiary/aromatic N) is 4.